The third-order valence-corrected chi connectivity index (χ3v) is 3.43. The smallest absolute Gasteiger partial charge is 0.303 e. The molecule has 1 aliphatic carbocycles. The number of carboxylic acid groups (broad SMARTS) is 1. The summed E-state index contributed by atoms with van der Waals surface area (Å²) >= 11 is 0. The molecule has 0 amide bonds. The van der Waals surface area contributed by atoms with Gasteiger partial charge < -0.3 is 14.9 Å². The van der Waals surface area contributed by atoms with Crippen molar-refractivity contribution < 1.29 is 24.5 Å². The Labute approximate surface area is 115 Å². The normalized spacial score (nSPS) is 26.9. The number of esters is 1. The maximum absolute atomic E-state index is 10.9. The van der Waals surface area contributed by atoms with Gasteiger partial charge in [0.1, 0.15) is 5.60 Å². The van der Waals surface area contributed by atoms with Crippen LogP contribution in [-0.2, 0) is 14.3 Å². The van der Waals surface area contributed by atoms with Crippen LogP contribution in [0.25, 0.3) is 0 Å². The Balaban J connectivity index is 0.000000711. The number of hydrogen-bond donors (Lipinski definition) is 2. The lowest BCUT2D eigenvalue weighted by Gasteiger charge is -2.40. The Morgan fingerprint density at radius 3 is 1.84 bits per heavy atom. The van der Waals surface area contributed by atoms with Gasteiger partial charge in [0.25, 0.3) is 5.97 Å². The van der Waals surface area contributed by atoms with Gasteiger partial charge in [0.2, 0.25) is 0 Å². The van der Waals surface area contributed by atoms with Gasteiger partial charge in [-0.25, -0.2) is 0 Å². The van der Waals surface area contributed by atoms with Crippen molar-refractivity contribution in [2.24, 2.45) is 5.92 Å². The summed E-state index contributed by atoms with van der Waals surface area (Å²) in [5, 5.41) is 17.3. The Morgan fingerprint density at radius 2 is 1.58 bits per heavy atom. The van der Waals surface area contributed by atoms with Gasteiger partial charge in [0.15, 0.2) is 0 Å². The average molecular weight is 274 g/mol. The highest BCUT2D eigenvalue weighted by Gasteiger charge is 2.38. The molecule has 0 spiro atoms. The number of aliphatic hydroxyl groups is 1. The molecular formula is C14H26O5. The molecule has 1 rings (SSSR count). The second-order valence-electron chi connectivity index (χ2n) is 5.99. The zero-order valence-corrected chi connectivity index (χ0v) is 12.5. The fourth-order valence-corrected chi connectivity index (χ4v) is 2.38. The highest BCUT2D eigenvalue weighted by Crippen LogP contribution is 2.39. The molecule has 0 aromatic carbocycles. The van der Waals surface area contributed by atoms with Crippen molar-refractivity contribution in [3.05, 3.63) is 0 Å². The second kappa shape index (κ2) is 6.89. The molecule has 0 bridgehead atoms. The van der Waals surface area contributed by atoms with E-state index >= 15 is 0 Å². The van der Waals surface area contributed by atoms with E-state index in [-0.39, 0.29) is 11.6 Å². The van der Waals surface area contributed by atoms with E-state index in [0.717, 1.165) is 32.6 Å². The van der Waals surface area contributed by atoms with Gasteiger partial charge in [-0.15, -0.1) is 0 Å². The second-order valence-corrected chi connectivity index (χ2v) is 5.99. The van der Waals surface area contributed by atoms with E-state index in [0.29, 0.717) is 5.92 Å². The van der Waals surface area contributed by atoms with Gasteiger partial charge in [0, 0.05) is 13.8 Å². The van der Waals surface area contributed by atoms with Crippen LogP contribution in [0.15, 0.2) is 0 Å². The Bertz CT molecular complexity index is 304. The van der Waals surface area contributed by atoms with E-state index in [2.05, 4.69) is 0 Å². The molecule has 1 fully saturated rings. The summed E-state index contributed by atoms with van der Waals surface area (Å²) < 4.78 is 5.32. The third kappa shape index (κ3) is 7.82. The summed E-state index contributed by atoms with van der Waals surface area (Å²) in [6, 6.07) is 0. The van der Waals surface area contributed by atoms with E-state index in [1.807, 2.05) is 20.8 Å². The van der Waals surface area contributed by atoms with E-state index < -0.39 is 11.6 Å². The van der Waals surface area contributed by atoms with Crippen molar-refractivity contribution in [2.75, 3.05) is 0 Å². The summed E-state index contributed by atoms with van der Waals surface area (Å²) in [5.41, 5.74) is -0.925. The van der Waals surface area contributed by atoms with Crippen molar-refractivity contribution >= 4 is 11.9 Å². The molecule has 5 nitrogen and oxygen atoms in total. The van der Waals surface area contributed by atoms with E-state index in [1.165, 1.54) is 6.92 Å². The fraction of sp³-hybridized carbons (Fsp3) is 0.857. The minimum Gasteiger partial charge on any atom is -0.481 e. The number of aliphatic carboxylic acids is 1. The minimum absolute atomic E-state index is 0.209. The first-order valence-corrected chi connectivity index (χ1v) is 6.58. The standard InChI is InChI=1S/C12H22O3.C2H4O2/c1-9(13)15-12(4)7-5-10(6-8-12)11(2,3)14;1-2(3)4/h10,14H,5-8H2,1-4H3;1H3,(H,3,4). The van der Waals surface area contributed by atoms with Crippen LogP contribution in [-0.4, -0.2) is 33.4 Å². The quantitative estimate of drug-likeness (QED) is 0.755. The average Bonchev–Trinajstić information content (AvgIpc) is 2.13. The molecule has 2 N–H and O–H groups in total. The van der Waals surface area contributed by atoms with E-state index in [9.17, 15) is 9.90 Å². The van der Waals surface area contributed by atoms with Crippen LogP contribution in [0.2, 0.25) is 0 Å². The van der Waals surface area contributed by atoms with Crippen LogP contribution in [0, 0.1) is 5.92 Å². The molecule has 0 aromatic rings. The summed E-state index contributed by atoms with van der Waals surface area (Å²) in [6.45, 7) is 8.22. The summed E-state index contributed by atoms with van der Waals surface area (Å²) in [7, 11) is 0. The highest BCUT2D eigenvalue weighted by atomic mass is 16.6. The van der Waals surface area contributed by atoms with Crippen LogP contribution in [0.5, 0.6) is 0 Å². The summed E-state index contributed by atoms with van der Waals surface area (Å²) in [5.74, 6) is -0.722. The fourth-order valence-electron chi connectivity index (χ4n) is 2.38. The molecule has 0 aromatic heterocycles. The monoisotopic (exact) mass is 274 g/mol. The molecule has 19 heavy (non-hydrogen) atoms. The number of carbonyl (C=O) groups excluding carboxylic acids is 1. The van der Waals surface area contributed by atoms with Crippen molar-refractivity contribution in [1.29, 1.82) is 0 Å². The maximum atomic E-state index is 10.9. The summed E-state index contributed by atoms with van der Waals surface area (Å²) in [6.07, 6.45) is 3.54. The maximum Gasteiger partial charge on any atom is 0.303 e. The first-order valence-electron chi connectivity index (χ1n) is 6.58. The van der Waals surface area contributed by atoms with E-state index in [1.54, 1.807) is 0 Å². The number of rotatable bonds is 2. The number of carboxylic acids is 1. The van der Waals surface area contributed by atoms with Crippen LogP contribution < -0.4 is 0 Å². The van der Waals surface area contributed by atoms with Gasteiger partial charge >= 0.3 is 5.97 Å². The zero-order valence-electron chi connectivity index (χ0n) is 12.5. The lowest BCUT2D eigenvalue weighted by Crippen LogP contribution is -2.41. The number of hydrogen-bond acceptors (Lipinski definition) is 4. The largest absolute Gasteiger partial charge is 0.481 e. The van der Waals surface area contributed by atoms with Crippen LogP contribution in [0.4, 0.5) is 0 Å². The van der Waals surface area contributed by atoms with Crippen LogP contribution in [0.1, 0.15) is 60.3 Å². The lowest BCUT2D eigenvalue weighted by molar-refractivity contribution is -0.161. The van der Waals surface area contributed by atoms with Crippen LogP contribution in [0.3, 0.4) is 0 Å². The van der Waals surface area contributed by atoms with Gasteiger partial charge in [-0.1, -0.05) is 0 Å². The highest BCUT2D eigenvalue weighted by molar-refractivity contribution is 5.66. The molecule has 0 heterocycles. The van der Waals surface area contributed by atoms with Gasteiger partial charge in [-0.05, 0) is 52.4 Å². The third-order valence-electron chi connectivity index (χ3n) is 3.43. The van der Waals surface area contributed by atoms with Gasteiger partial charge in [-0.2, -0.15) is 0 Å². The minimum atomic E-state index is -0.833. The molecular weight excluding hydrogens is 248 g/mol. The lowest BCUT2D eigenvalue weighted by atomic mass is 9.73. The number of carbonyl (C=O) groups is 2. The van der Waals surface area contributed by atoms with Gasteiger partial charge in [-0.3, -0.25) is 9.59 Å². The zero-order chi connectivity index (χ0) is 15.3. The molecule has 0 radical (unpaired) electrons. The van der Waals surface area contributed by atoms with E-state index in [4.69, 9.17) is 14.6 Å². The van der Waals surface area contributed by atoms with Crippen LogP contribution >= 0.6 is 0 Å². The first kappa shape index (κ1) is 17.9. The molecule has 0 aliphatic heterocycles. The molecule has 0 unspecified atom stereocenters. The Morgan fingerprint density at radius 1 is 1.21 bits per heavy atom. The molecule has 0 atom stereocenters. The molecule has 1 aliphatic rings. The molecule has 5 heteroatoms. The first-order chi connectivity index (χ1) is 8.46. The van der Waals surface area contributed by atoms with Crippen molar-refractivity contribution in [3.63, 3.8) is 0 Å². The van der Waals surface area contributed by atoms with Crippen molar-refractivity contribution in [1.82, 2.24) is 0 Å². The van der Waals surface area contributed by atoms with Gasteiger partial charge in [0.05, 0.1) is 5.60 Å². The predicted molar refractivity (Wildman–Crippen MR) is 71.7 cm³/mol. The molecule has 1 saturated carbocycles. The Kier molecular flexibility index (Phi) is 6.49. The predicted octanol–water partition coefficient (Wildman–Crippen LogP) is 2.36. The Hall–Kier alpha value is -1.10. The van der Waals surface area contributed by atoms with Crippen molar-refractivity contribution in [2.45, 2.75) is 71.5 Å². The molecule has 112 valence electrons. The van der Waals surface area contributed by atoms with Crippen molar-refractivity contribution in [3.8, 4) is 0 Å². The SMILES string of the molecule is CC(=O)O.CC(=O)OC1(C)CCC(C(C)(C)O)CC1. The summed E-state index contributed by atoms with van der Waals surface area (Å²) in [4.78, 5) is 19.9. The molecule has 0 saturated heterocycles. The topological polar surface area (TPSA) is 83.8 Å². The number of ether oxygens (including phenoxy) is 1.